The van der Waals surface area contributed by atoms with Crippen molar-refractivity contribution >= 4 is 22.8 Å². The summed E-state index contributed by atoms with van der Waals surface area (Å²) >= 11 is 6.19. The monoisotopic (exact) mass is 267 g/mol. The van der Waals surface area contributed by atoms with Crippen molar-refractivity contribution in [2.24, 2.45) is 0 Å². The molecule has 2 aromatic heterocycles. The predicted molar refractivity (Wildman–Crippen MR) is 73.0 cm³/mol. The number of methoxy groups -OCH3 is 1. The quantitative estimate of drug-likeness (QED) is 0.617. The van der Waals surface area contributed by atoms with E-state index in [2.05, 4.69) is 14.5 Å². The zero-order chi connectivity index (χ0) is 13.1. The highest BCUT2D eigenvalue weighted by Crippen LogP contribution is 2.24. The Morgan fingerprint density at radius 2 is 2.28 bits per heavy atom. The summed E-state index contributed by atoms with van der Waals surface area (Å²) in [6.45, 7) is 5.50. The minimum Gasteiger partial charge on any atom is -0.385 e. The first-order valence-electron chi connectivity index (χ1n) is 6.09. The highest BCUT2D eigenvalue weighted by Gasteiger charge is 2.15. The Kier molecular flexibility index (Phi) is 4.19. The highest BCUT2D eigenvalue weighted by atomic mass is 35.5. The first-order chi connectivity index (χ1) is 8.63. The summed E-state index contributed by atoms with van der Waals surface area (Å²) in [6, 6.07) is 2.04. The standard InChI is InChI=1S/C13H18ClN3O/c1-9-7-11-13(15-8-9)17(5-4-6-18-3)12(16-11)10(2)14/h7-8,10H,4-6H2,1-3H3. The molecule has 1 unspecified atom stereocenters. The average molecular weight is 268 g/mol. The van der Waals surface area contributed by atoms with Gasteiger partial charge in [0, 0.05) is 26.5 Å². The SMILES string of the molecule is COCCCn1c(C(C)Cl)nc2cc(C)cnc21. The molecule has 0 bridgehead atoms. The lowest BCUT2D eigenvalue weighted by Crippen LogP contribution is -2.07. The fourth-order valence-corrected chi connectivity index (χ4v) is 2.19. The van der Waals surface area contributed by atoms with Crippen LogP contribution in [0, 0.1) is 6.92 Å². The van der Waals surface area contributed by atoms with Gasteiger partial charge in [0.2, 0.25) is 0 Å². The van der Waals surface area contributed by atoms with Gasteiger partial charge in [0.15, 0.2) is 5.65 Å². The predicted octanol–water partition coefficient (Wildman–Crippen LogP) is 3.08. The molecule has 0 radical (unpaired) electrons. The van der Waals surface area contributed by atoms with Gasteiger partial charge < -0.3 is 9.30 Å². The van der Waals surface area contributed by atoms with Crippen LogP contribution in [-0.4, -0.2) is 28.3 Å². The van der Waals surface area contributed by atoms with Gasteiger partial charge in [-0.2, -0.15) is 0 Å². The van der Waals surface area contributed by atoms with Gasteiger partial charge in [-0.3, -0.25) is 0 Å². The minimum atomic E-state index is -0.123. The molecule has 1 atom stereocenters. The molecule has 0 saturated heterocycles. The van der Waals surface area contributed by atoms with Crippen LogP contribution in [0.4, 0.5) is 0 Å². The molecule has 0 aliphatic carbocycles. The van der Waals surface area contributed by atoms with Crippen molar-refractivity contribution in [1.82, 2.24) is 14.5 Å². The Balaban J connectivity index is 2.42. The van der Waals surface area contributed by atoms with Crippen LogP contribution in [0.1, 0.15) is 30.1 Å². The number of rotatable bonds is 5. The number of imidazole rings is 1. The van der Waals surface area contributed by atoms with Crippen LogP contribution in [0.25, 0.3) is 11.2 Å². The van der Waals surface area contributed by atoms with Crippen LogP contribution in [0.5, 0.6) is 0 Å². The summed E-state index contributed by atoms with van der Waals surface area (Å²) in [7, 11) is 1.71. The van der Waals surface area contributed by atoms with Crippen molar-refractivity contribution in [2.75, 3.05) is 13.7 Å². The molecule has 0 saturated carbocycles. The number of aryl methyl sites for hydroxylation is 2. The number of fused-ring (bicyclic) bond motifs is 1. The summed E-state index contributed by atoms with van der Waals surface area (Å²) in [5.41, 5.74) is 2.92. The van der Waals surface area contributed by atoms with E-state index in [-0.39, 0.29) is 5.38 Å². The van der Waals surface area contributed by atoms with Crippen LogP contribution >= 0.6 is 11.6 Å². The molecule has 0 amide bonds. The van der Waals surface area contributed by atoms with E-state index in [1.165, 1.54) is 0 Å². The van der Waals surface area contributed by atoms with E-state index in [1.807, 2.05) is 26.1 Å². The number of alkyl halides is 1. The van der Waals surface area contributed by atoms with Gasteiger partial charge in [-0.15, -0.1) is 11.6 Å². The van der Waals surface area contributed by atoms with Crippen molar-refractivity contribution in [2.45, 2.75) is 32.2 Å². The lowest BCUT2D eigenvalue weighted by molar-refractivity contribution is 0.190. The second-order valence-electron chi connectivity index (χ2n) is 4.44. The molecule has 98 valence electrons. The van der Waals surface area contributed by atoms with Crippen LogP contribution in [-0.2, 0) is 11.3 Å². The lowest BCUT2D eigenvalue weighted by atomic mass is 10.3. The Labute approximate surface area is 112 Å². The van der Waals surface area contributed by atoms with Gasteiger partial charge in [-0.1, -0.05) is 0 Å². The number of nitrogens with zero attached hydrogens (tertiary/aromatic N) is 3. The van der Waals surface area contributed by atoms with Crippen molar-refractivity contribution < 1.29 is 4.74 Å². The number of aromatic nitrogens is 3. The molecule has 0 aromatic carbocycles. The van der Waals surface area contributed by atoms with Crippen molar-refractivity contribution in [3.05, 3.63) is 23.7 Å². The first-order valence-corrected chi connectivity index (χ1v) is 6.53. The third-order valence-electron chi connectivity index (χ3n) is 2.84. The van der Waals surface area contributed by atoms with E-state index in [9.17, 15) is 0 Å². The molecule has 18 heavy (non-hydrogen) atoms. The summed E-state index contributed by atoms with van der Waals surface area (Å²) in [5, 5.41) is -0.123. The van der Waals surface area contributed by atoms with E-state index in [4.69, 9.17) is 16.3 Å². The van der Waals surface area contributed by atoms with Crippen molar-refractivity contribution in [3.8, 4) is 0 Å². The number of hydrogen-bond donors (Lipinski definition) is 0. The minimum absolute atomic E-state index is 0.123. The van der Waals surface area contributed by atoms with Gasteiger partial charge in [-0.25, -0.2) is 9.97 Å². The van der Waals surface area contributed by atoms with E-state index in [0.717, 1.165) is 42.1 Å². The summed E-state index contributed by atoms with van der Waals surface area (Å²) in [5.74, 6) is 0.876. The number of pyridine rings is 1. The Morgan fingerprint density at radius 1 is 1.50 bits per heavy atom. The molecule has 5 heteroatoms. The second kappa shape index (κ2) is 5.67. The Hall–Kier alpha value is -1.13. The fraction of sp³-hybridized carbons (Fsp3) is 0.538. The van der Waals surface area contributed by atoms with Crippen LogP contribution in [0.15, 0.2) is 12.3 Å². The second-order valence-corrected chi connectivity index (χ2v) is 5.09. The van der Waals surface area contributed by atoms with E-state index in [1.54, 1.807) is 7.11 Å². The third-order valence-corrected chi connectivity index (χ3v) is 3.03. The maximum Gasteiger partial charge on any atom is 0.160 e. The molecule has 0 N–H and O–H groups in total. The van der Waals surface area contributed by atoms with Gasteiger partial charge in [0.25, 0.3) is 0 Å². The average Bonchev–Trinajstić information content (AvgIpc) is 2.68. The summed E-state index contributed by atoms with van der Waals surface area (Å²) < 4.78 is 7.17. The van der Waals surface area contributed by atoms with Crippen molar-refractivity contribution in [1.29, 1.82) is 0 Å². The van der Waals surface area contributed by atoms with Gasteiger partial charge >= 0.3 is 0 Å². The largest absolute Gasteiger partial charge is 0.385 e. The molecule has 2 rings (SSSR count). The topological polar surface area (TPSA) is 39.9 Å². The van der Waals surface area contributed by atoms with Gasteiger partial charge in [0.05, 0.1) is 5.38 Å². The van der Waals surface area contributed by atoms with E-state index < -0.39 is 0 Å². The fourth-order valence-electron chi connectivity index (χ4n) is 2.02. The Morgan fingerprint density at radius 3 is 2.94 bits per heavy atom. The molecule has 2 heterocycles. The zero-order valence-electron chi connectivity index (χ0n) is 11.0. The highest BCUT2D eigenvalue weighted by molar-refractivity contribution is 6.20. The first kappa shape index (κ1) is 13.3. The smallest absolute Gasteiger partial charge is 0.160 e. The number of ether oxygens (including phenoxy) is 1. The molecule has 0 aliphatic heterocycles. The third kappa shape index (κ3) is 2.65. The molecule has 2 aromatic rings. The van der Waals surface area contributed by atoms with E-state index >= 15 is 0 Å². The molecule has 4 nitrogen and oxygen atoms in total. The molecule has 0 aliphatic rings. The molecule has 0 spiro atoms. The number of hydrogen-bond acceptors (Lipinski definition) is 3. The van der Waals surface area contributed by atoms with E-state index in [0.29, 0.717) is 0 Å². The van der Waals surface area contributed by atoms with Crippen LogP contribution < -0.4 is 0 Å². The summed E-state index contributed by atoms with van der Waals surface area (Å²) in [4.78, 5) is 9.04. The van der Waals surface area contributed by atoms with Gasteiger partial charge in [-0.05, 0) is 31.9 Å². The number of halogens is 1. The zero-order valence-corrected chi connectivity index (χ0v) is 11.7. The van der Waals surface area contributed by atoms with Gasteiger partial charge in [0.1, 0.15) is 11.3 Å². The van der Waals surface area contributed by atoms with Crippen LogP contribution in [0.2, 0.25) is 0 Å². The molecular weight excluding hydrogens is 250 g/mol. The molecular formula is C13H18ClN3O. The maximum atomic E-state index is 6.19. The van der Waals surface area contributed by atoms with Crippen LogP contribution in [0.3, 0.4) is 0 Å². The summed E-state index contributed by atoms with van der Waals surface area (Å²) in [6.07, 6.45) is 2.79. The Bertz CT molecular complexity index is 536. The maximum absolute atomic E-state index is 6.19. The normalized spacial score (nSPS) is 13.1. The lowest BCUT2D eigenvalue weighted by Gasteiger charge is -2.09. The molecule has 0 fully saturated rings. The van der Waals surface area contributed by atoms with Crippen molar-refractivity contribution in [3.63, 3.8) is 0 Å².